The van der Waals surface area contributed by atoms with Gasteiger partial charge in [-0.3, -0.25) is 4.79 Å². The lowest BCUT2D eigenvalue weighted by Gasteiger charge is -2.15. The summed E-state index contributed by atoms with van der Waals surface area (Å²) in [5.74, 6) is 0.197. The van der Waals surface area contributed by atoms with E-state index in [0.29, 0.717) is 11.3 Å². The van der Waals surface area contributed by atoms with Crippen LogP contribution in [0, 0.1) is 11.3 Å². The zero-order valence-corrected chi connectivity index (χ0v) is 16.0. The van der Waals surface area contributed by atoms with Crippen molar-refractivity contribution in [3.05, 3.63) is 71.3 Å². The number of nitriles is 1. The van der Waals surface area contributed by atoms with Crippen LogP contribution in [0.4, 0.5) is 0 Å². The molecule has 1 aliphatic heterocycles. The fraction of sp³-hybridized carbons (Fsp3) is 0.261. The third kappa shape index (κ3) is 5.94. The molecular weight excluding hydrogens is 368 g/mol. The van der Waals surface area contributed by atoms with E-state index < -0.39 is 5.97 Å². The molecule has 1 saturated heterocycles. The summed E-state index contributed by atoms with van der Waals surface area (Å²) in [6.07, 6.45) is 5.13. The molecule has 0 radical (unpaired) electrons. The Kier molecular flexibility index (Phi) is 7.01. The Hall–Kier alpha value is -3.59. The van der Waals surface area contributed by atoms with Gasteiger partial charge in [0.15, 0.2) is 6.61 Å². The van der Waals surface area contributed by atoms with Crippen molar-refractivity contribution in [3.8, 4) is 11.8 Å². The van der Waals surface area contributed by atoms with Crippen LogP contribution in [0.1, 0.15) is 34.3 Å². The van der Waals surface area contributed by atoms with E-state index in [2.05, 4.69) is 0 Å². The number of benzene rings is 2. The highest BCUT2D eigenvalue weighted by molar-refractivity contribution is 5.94. The maximum absolute atomic E-state index is 12.3. The summed E-state index contributed by atoms with van der Waals surface area (Å²) in [4.78, 5) is 26.1. The van der Waals surface area contributed by atoms with Crippen molar-refractivity contribution in [3.63, 3.8) is 0 Å². The van der Waals surface area contributed by atoms with E-state index in [1.807, 2.05) is 11.0 Å². The number of ether oxygens (including phenoxy) is 2. The molecular formula is C23H22N2O4. The predicted molar refractivity (Wildman–Crippen MR) is 108 cm³/mol. The Labute approximate surface area is 170 Å². The molecule has 0 atom stereocenters. The summed E-state index contributed by atoms with van der Waals surface area (Å²) in [6, 6.07) is 16.1. The molecule has 3 rings (SSSR count). The van der Waals surface area contributed by atoms with Crippen LogP contribution in [-0.2, 0) is 16.1 Å². The Balaban J connectivity index is 1.47. The van der Waals surface area contributed by atoms with Gasteiger partial charge in [-0.2, -0.15) is 5.26 Å². The topological polar surface area (TPSA) is 79.6 Å². The first-order chi connectivity index (χ1) is 14.2. The van der Waals surface area contributed by atoms with Gasteiger partial charge in [-0.15, -0.1) is 0 Å². The zero-order chi connectivity index (χ0) is 20.5. The standard InChI is InChI=1S/C23H22N2O4/c24-13-16-28-21-10-5-18(6-11-21)7-12-22(26)29-17-19-3-8-20(9-4-19)23(27)25-14-1-2-15-25/h3-12H,1-2,14-17H2/b12-7+. The van der Waals surface area contributed by atoms with Gasteiger partial charge in [-0.1, -0.05) is 24.3 Å². The van der Waals surface area contributed by atoms with Crippen LogP contribution in [0.3, 0.4) is 0 Å². The highest BCUT2D eigenvalue weighted by Crippen LogP contribution is 2.15. The van der Waals surface area contributed by atoms with Crippen molar-refractivity contribution in [2.24, 2.45) is 0 Å². The largest absolute Gasteiger partial charge is 0.479 e. The van der Waals surface area contributed by atoms with Gasteiger partial charge >= 0.3 is 5.97 Å². The molecule has 2 aromatic rings. The Bertz CT molecular complexity index is 905. The summed E-state index contributed by atoms with van der Waals surface area (Å²) in [6.45, 7) is 1.78. The zero-order valence-electron chi connectivity index (χ0n) is 16.0. The van der Waals surface area contributed by atoms with Gasteiger partial charge in [0.05, 0.1) is 0 Å². The molecule has 0 unspecified atom stereocenters. The number of carbonyl (C=O) groups is 2. The van der Waals surface area contributed by atoms with Gasteiger partial charge in [0, 0.05) is 24.7 Å². The number of likely N-dealkylation sites (tertiary alicyclic amines) is 1. The SMILES string of the molecule is N#CCOc1ccc(/C=C/C(=O)OCc2ccc(C(=O)N3CCCC3)cc2)cc1. The minimum Gasteiger partial charge on any atom is -0.479 e. The van der Waals surface area contributed by atoms with Crippen molar-refractivity contribution in [2.75, 3.05) is 19.7 Å². The first-order valence-electron chi connectivity index (χ1n) is 9.48. The average Bonchev–Trinajstić information content (AvgIpc) is 3.30. The van der Waals surface area contributed by atoms with E-state index in [1.165, 1.54) is 6.08 Å². The summed E-state index contributed by atoms with van der Waals surface area (Å²) in [5.41, 5.74) is 2.30. The number of esters is 1. The highest BCUT2D eigenvalue weighted by atomic mass is 16.5. The Morgan fingerprint density at radius 2 is 1.72 bits per heavy atom. The van der Waals surface area contributed by atoms with E-state index in [1.54, 1.807) is 54.6 Å². The Morgan fingerprint density at radius 3 is 2.38 bits per heavy atom. The van der Waals surface area contributed by atoms with Crippen molar-refractivity contribution < 1.29 is 19.1 Å². The summed E-state index contributed by atoms with van der Waals surface area (Å²) in [7, 11) is 0. The number of rotatable bonds is 7. The van der Waals surface area contributed by atoms with Crippen LogP contribution in [0.25, 0.3) is 6.08 Å². The minimum atomic E-state index is -0.452. The lowest BCUT2D eigenvalue weighted by molar-refractivity contribution is -0.138. The molecule has 0 aliphatic carbocycles. The molecule has 148 valence electrons. The monoisotopic (exact) mass is 390 g/mol. The quantitative estimate of drug-likeness (QED) is 0.533. The maximum atomic E-state index is 12.3. The van der Waals surface area contributed by atoms with Crippen molar-refractivity contribution in [1.29, 1.82) is 5.26 Å². The van der Waals surface area contributed by atoms with E-state index >= 15 is 0 Å². The van der Waals surface area contributed by atoms with E-state index in [4.69, 9.17) is 14.7 Å². The van der Waals surface area contributed by atoms with Crippen LogP contribution in [-0.4, -0.2) is 36.5 Å². The molecule has 1 amide bonds. The van der Waals surface area contributed by atoms with Crippen LogP contribution in [0.15, 0.2) is 54.6 Å². The fourth-order valence-electron chi connectivity index (χ4n) is 3.00. The fourth-order valence-corrected chi connectivity index (χ4v) is 3.00. The van der Waals surface area contributed by atoms with Crippen LogP contribution >= 0.6 is 0 Å². The molecule has 0 spiro atoms. The molecule has 0 saturated carbocycles. The van der Waals surface area contributed by atoms with Crippen LogP contribution in [0.5, 0.6) is 5.75 Å². The van der Waals surface area contributed by atoms with Gasteiger partial charge < -0.3 is 14.4 Å². The van der Waals surface area contributed by atoms with Gasteiger partial charge in [0.2, 0.25) is 0 Å². The summed E-state index contributed by atoms with van der Waals surface area (Å²) in [5, 5.41) is 8.49. The molecule has 0 bridgehead atoms. The highest BCUT2D eigenvalue weighted by Gasteiger charge is 2.19. The lowest BCUT2D eigenvalue weighted by Crippen LogP contribution is -2.27. The first-order valence-corrected chi connectivity index (χ1v) is 9.48. The van der Waals surface area contributed by atoms with Crippen LogP contribution in [0.2, 0.25) is 0 Å². The lowest BCUT2D eigenvalue weighted by atomic mass is 10.1. The second kappa shape index (κ2) is 10.1. The van der Waals surface area contributed by atoms with Gasteiger partial charge in [0.25, 0.3) is 5.91 Å². The normalized spacial score (nSPS) is 13.3. The van der Waals surface area contributed by atoms with Crippen molar-refractivity contribution in [1.82, 2.24) is 4.90 Å². The molecule has 29 heavy (non-hydrogen) atoms. The third-order valence-electron chi connectivity index (χ3n) is 4.57. The van der Waals surface area contributed by atoms with Gasteiger partial charge in [0.1, 0.15) is 18.4 Å². The number of carbonyl (C=O) groups excluding carboxylic acids is 2. The molecule has 1 heterocycles. The summed E-state index contributed by atoms with van der Waals surface area (Å²) >= 11 is 0. The van der Waals surface area contributed by atoms with E-state index in [9.17, 15) is 9.59 Å². The third-order valence-corrected chi connectivity index (χ3v) is 4.57. The van der Waals surface area contributed by atoms with E-state index in [0.717, 1.165) is 37.1 Å². The number of hydrogen-bond donors (Lipinski definition) is 0. The Morgan fingerprint density at radius 1 is 1.03 bits per heavy atom. The molecule has 1 aliphatic rings. The average molecular weight is 390 g/mol. The second-order valence-corrected chi connectivity index (χ2v) is 6.65. The predicted octanol–water partition coefficient (Wildman–Crippen LogP) is 3.58. The number of hydrogen-bond acceptors (Lipinski definition) is 5. The maximum Gasteiger partial charge on any atom is 0.331 e. The van der Waals surface area contributed by atoms with Gasteiger partial charge in [-0.25, -0.2) is 4.79 Å². The molecule has 6 heteroatoms. The number of nitrogens with zero attached hydrogens (tertiary/aromatic N) is 2. The second-order valence-electron chi connectivity index (χ2n) is 6.65. The molecule has 1 fully saturated rings. The molecule has 6 nitrogen and oxygen atoms in total. The van der Waals surface area contributed by atoms with Crippen LogP contribution < -0.4 is 4.74 Å². The van der Waals surface area contributed by atoms with Gasteiger partial charge in [-0.05, 0) is 54.3 Å². The summed E-state index contributed by atoms with van der Waals surface area (Å²) < 4.78 is 10.4. The molecule has 0 aromatic heterocycles. The first kappa shape index (κ1) is 20.2. The van der Waals surface area contributed by atoms with Crippen molar-refractivity contribution in [2.45, 2.75) is 19.4 Å². The smallest absolute Gasteiger partial charge is 0.331 e. The minimum absolute atomic E-state index is 0.00505. The van der Waals surface area contributed by atoms with E-state index in [-0.39, 0.29) is 19.1 Å². The molecule has 2 aromatic carbocycles. The number of amides is 1. The molecule has 0 N–H and O–H groups in total. The van der Waals surface area contributed by atoms with Crippen molar-refractivity contribution >= 4 is 18.0 Å².